The number of hydrogen-bond donors (Lipinski definition) is 2. The van der Waals surface area contributed by atoms with Gasteiger partial charge < -0.3 is 15.2 Å². The molecule has 2 fully saturated rings. The molecule has 4 nitrogen and oxygen atoms in total. The molecule has 1 spiro atoms. The molecular formula is C14H25NO3. The van der Waals surface area contributed by atoms with Crippen molar-refractivity contribution in [3.8, 4) is 0 Å². The Morgan fingerprint density at radius 1 is 1.50 bits per heavy atom. The molecule has 0 aromatic heterocycles. The Morgan fingerprint density at radius 2 is 2.22 bits per heavy atom. The number of carboxylic acid groups (broad SMARTS) is 1. The van der Waals surface area contributed by atoms with Crippen LogP contribution in [-0.4, -0.2) is 35.4 Å². The van der Waals surface area contributed by atoms with Gasteiger partial charge in [-0.05, 0) is 32.1 Å². The fourth-order valence-electron chi connectivity index (χ4n) is 3.39. The summed E-state index contributed by atoms with van der Waals surface area (Å²) in [5, 5.41) is 12.5. The predicted octanol–water partition coefficient (Wildman–Crippen LogP) is 2.32. The lowest BCUT2D eigenvalue weighted by atomic mass is 9.88. The molecule has 2 rings (SSSR count). The largest absolute Gasteiger partial charge is 0.480 e. The van der Waals surface area contributed by atoms with Crippen molar-refractivity contribution in [2.75, 3.05) is 6.61 Å². The van der Waals surface area contributed by atoms with Gasteiger partial charge in [0, 0.05) is 12.6 Å². The second-order valence-corrected chi connectivity index (χ2v) is 5.77. The van der Waals surface area contributed by atoms with Gasteiger partial charge in [0.15, 0.2) is 0 Å². The van der Waals surface area contributed by atoms with Crippen LogP contribution in [0.1, 0.15) is 58.3 Å². The van der Waals surface area contributed by atoms with Crippen LogP contribution in [0.5, 0.6) is 0 Å². The molecule has 2 unspecified atom stereocenters. The molecule has 0 radical (unpaired) electrons. The van der Waals surface area contributed by atoms with E-state index in [-0.39, 0.29) is 5.60 Å². The number of carboxylic acids is 1. The molecule has 1 saturated carbocycles. The summed E-state index contributed by atoms with van der Waals surface area (Å²) in [5.74, 6) is -0.719. The van der Waals surface area contributed by atoms with Crippen LogP contribution in [0.2, 0.25) is 0 Å². The summed E-state index contributed by atoms with van der Waals surface area (Å²) in [7, 11) is 0. The minimum atomic E-state index is -0.719. The van der Waals surface area contributed by atoms with E-state index in [9.17, 15) is 9.90 Å². The van der Waals surface area contributed by atoms with E-state index in [1.807, 2.05) is 6.92 Å². The van der Waals surface area contributed by atoms with E-state index in [1.165, 1.54) is 12.8 Å². The van der Waals surface area contributed by atoms with Crippen molar-refractivity contribution in [3.63, 3.8) is 0 Å². The predicted molar refractivity (Wildman–Crippen MR) is 69.6 cm³/mol. The molecule has 1 aliphatic heterocycles. The quantitative estimate of drug-likeness (QED) is 0.791. The third-order valence-electron chi connectivity index (χ3n) is 4.32. The molecule has 1 saturated heterocycles. The first-order valence-corrected chi connectivity index (χ1v) is 7.28. The van der Waals surface area contributed by atoms with E-state index in [1.54, 1.807) is 0 Å². The Labute approximate surface area is 109 Å². The molecule has 104 valence electrons. The van der Waals surface area contributed by atoms with Crippen LogP contribution in [0.15, 0.2) is 0 Å². The van der Waals surface area contributed by atoms with Crippen LogP contribution in [0, 0.1) is 0 Å². The fourth-order valence-corrected chi connectivity index (χ4v) is 3.39. The lowest BCUT2D eigenvalue weighted by molar-refractivity contribution is -0.141. The molecule has 2 N–H and O–H groups in total. The van der Waals surface area contributed by atoms with E-state index in [0.29, 0.717) is 12.5 Å². The van der Waals surface area contributed by atoms with E-state index in [0.717, 1.165) is 38.7 Å². The number of rotatable bonds is 5. The van der Waals surface area contributed by atoms with E-state index in [2.05, 4.69) is 5.32 Å². The highest BCUT2D eigenvalue weighted by Crippen LogP contribution is 2.40. The van der Waals surface area contributed by atoms with Crippen LogP contribution in [0.25, 0.3) is 0 Å². The first-order valence-electron chi connectivity index (χ1n) is 7.28. The number of aliphatic carboxylic acids is 1. The topological polar surface area (TPSA) is 58.6 Å². The molecule has 4 heteroatoms. The normalized spacial score (nSPS) is 28.4. The van der Waals surface area contributed by atoms with Gasteiger partial charge in [-0.25, -0.2) is 0 Å². The summed E-state index contributed by atoms with van der Waals surface area (Å²) >= 11 is 0. The Bertz CT molecular complexity index is 287. The average Bonchev–Trinajstić information content (AvgIpc) is 2.77. The number of nitrogens with one attached hydrogen (secondary N) is 1. The van der Waals surface area contributed by atoms with Crippen molar-refractivity contribution in [1.82, 2.24) is 5.32 Å². The summed E-state index contributed by atoms with van der Waals surface area (Å²) < 4.78 is 5.97. The van der Waals surface area contributed by atoms with Gasteiger partial charge in [0.1, 0.15) is 6.04 Å². The first-order chi connectivity index (χ1) is 8.65. The number of ether oxygens (including phenoxy) is 1. The molecular weight excluding hydrogens is 230 g/mol. The zero-order valence-corrected chi connectivity index (χ0v) is 11.3. The lowest BCUT2D eigenvalue weighted by Crippen LogP contribution is -2.50. The molecule has 1 aliphatic carbocycles. The van der Waals surface area contributed by atoms with Crippen molar-refractivity contribution in [2.45, 2.75) is 76.0 Å². The molecule has 0 aromatic carbocycles. The van der Waals surface area contributed by atoms with Gasteiger partial charge in [0.05, 0.1) is 5.60 Å². The maximum Gasteiger partial charge on any atom is 0.320 e. The zero-order chi connectivity index (χ0) is 13.0. The van der Waals surface area contributed by atoms with Crippen LogP contribution < -0.4 is 5.32 Å². The second-order valence-electron chi connectivity index (χ2n) is 5.77. The summed E-state index contributed by atoms with van der Waals surface area (Å²) in [6.07, 6.45) is 8.34. The smallest absolute Gasteiger partial charge is 0.320 e. The van der Waals surface area contributed by atoms with Crippen LogP contribution in [-0.2, 0) is 9.53 Å². The van der Waals surface area contributed by atoms with Gasteiger partial charge >= 0.3 is 5.97 Å². The first kappa shape index (κ1) is 13.8. The van der Waals surface area contributed by atoms with Crippen molar-refractivity contribution >= 4 is 5.97 Å². The second kappa shape index (κ2) is 6.02. The van der Waals surface area contributed by atoms with Crippen LogP contribution in [0.4, 0.5) is 0 Å². The average molecular weight is 255 g/mol. The van der Waals surface area contributed by atoms with Crippen LogP contribution in [0.3, 0.4) is 0 Å². The molecule has 0 bridgehead atoms. The fraction of sp³-hybridized carbons (Fsp3) is 0.929. The van der Waals surface area contributed by atoms with Gasteiger partial charge in [0.25, 0.3) is 0 Å². The SMILES string of the molecule is CCCC(NC1CCOC2(CCCC2)C1)C(=O)O. The van der Waals surface area contributed by atoms with Gasteiger partial charge in [-0.1, -0.05) is 26.2 Å². The number of carbonyl (C=O) groups is 1. The lowest BCUT2D eigenvalue weighted by Gasteiger charge is -2.39. The molecule has 2 aliphatic rings. The van der Waals surface area contributed by atoms with E-state index >= 15 is 0 Å². The Morgan fingerprint density at radius 3 is 2.83 bits per heavy atom. The standard InChI is InChI=1S/C14H25NO3/c1-2-5-12(13(16)17)15-11-6-9-18-14(10-11)7-3-4-8-14/h11-12,15H,2-10H2,1H3,(H,16,17). The Hall–Kier alpha value is -0.610. The Kier molecular flexibility index (Phi) is 4.62. The van der Waals surface area contributed by atoms with Crippen molar-refractivity contribution in [1.29, 1.82) is 0 Å². The maximum absolute atomic E-state index is 11.2. The molecule has 18 heavy (non-hydrogen) atoms. The van der Waals surface area contributed by atoms with Crippen molar-refractivity contribution in [3.05, 3.63) is 0 Å². The summed E-state index contributed by atoms with van der Waals surface area (Å²) in [6.45, 7) is 2.80. The maximum atomic E-state index is 11.2. The Balaban J connectivity index is 1.90. The molecule has 0 aromatic rings. The van der Waals surface area contributed by atoms with Crippen LogP contribution >= 0.6 is 0 Å². The van der Waals surface area contributed by atoms with E-state index in [4.69, 9.17) is 4.74 Å². The van der Waals surface area contributed by atoms with Gasteiger partial charge in [-0.15, -0.1) is 0 Å². The van der Waals surface area contributed by atoms with Gasteiger partial charge in [0.2, 0.25) is 0 Å². The summed E-state index contributed by atoms with van der Waals surface area (Å²) in [5.41, 5.74) is 0.0607. The minimum Gasteiger partial charge on any atom is -0.480 e. The summed E-state index contributed by atoms with van der Waals surface area (Å²) in [4.78, 5) is 11.2. The van der Waals surface area contributed by atoms with Gasteiger partial charge in [-0.2, -0.15) is 0 Å². The molecule has 2 atom stereocenters. The zero-order valence-electron chi connectivity index (χ0n) is 11.3. The van der Waals surface area contributed by atoms with E-state index < -0.39 is 12.0 Å². The number of hydrogen-bond acceptors (Lipinski definition) is 3. The minimum absolute atomic E-state index is 0.0607. The highest BCUT2D eigenvalue weighted by molar-refractivity contribution is 5.73. The van der Waals surface area contributed by atoms with Gasteiger partial charge in [-0.3, -0.25) is 4.79 Å². The highest BCUT2D eigenvalue weighted by atomic mass is 16.5. The highest BCUT2D eigenvalue weighted by Gasteiger charge is 2.40. The summed E-state index contributed by atoms with van der Waals surface area (Å²) in [6, 6.07) is -0.0824. The third kappa shape index (κ3) is 3.23. The third-order valence-corrected chi connectivity index (χ3v) is 4.32. The molecule has 1 heterocycles. The monoisotopic (exact) mass is 255 g/mol. The van der Waals surface area contributed by atoms with Crippen molar-refractivity contribution < 1.29 is 14.6 Å². The molecule has 0 amide bonds. The van der Waals surface area contributed by atoms with Crippen molar-refractivity contribution in [2.24, 2.45) is 0 Å².